The summed E-state index contributed by atoms with van der Waals surface area (Å²) < 4.78 is 0. The average Bonchev–Trinajstić information content (AvgIpc) is 2.39. The zero-order valence-corrected chi connectivity index (χ0v) is 10.9. The number of carbonyl (C=O) groups is 1. The van der Waals surface area contributed by atoms with Crippen LogP contribution in [0.3, 0.4) is 0 Å². The lowest BCUT2D eigenvalue weighted by Crippen LogP contribution is -2.14. The van der Waals surface area contributed by atoms with Crippen molar-refractivity contribution in [3.8, 4) is 6.07 Å². The van der Waals surface area contributed by atoms with Crippen molar-refractivity contribution in [2.75, 3.05) is 5.32 Å². The molecule has 5 nitrogen and oxygen atoms in total. The number of amides is 1. The van der Waals surface area contributed by atoms with E-state index in [1.165, 1.54) is 24.5 Å². The molecule has 19 heavy (non-hydrogen) atoms. The second-order valence-electron chi connectivity index (χ2n) is 3.49. The van der Waals surface area contributed by atoms with Crippen LogP contribution in [-0.2, 0) is 0 Å². The molecule has 2 aromatic rings. The highest BCUT2D eigenvalue weighted by atomic mass is 35.5. The Balaban J connectivity index is 2.20. The van der Waals surface area contributed by atoms with Crippen LogP contribution in [0.15, 0.2) is 30.6 Å². The molecule has 0 fully saturated rings. The maximum atomic E-state index is 11.9. The van der Waals surface area contributed by atoms with Crippen LogP contribution >= 0.6 is 23.2 Å². The second kappa shape index (κ2) is 5.65. The maximum Gasteiger partial charge on any atom is 0.275 e. The van der Waals surface area contributed by atoms with Crippen molar-refractivity contribution in [2.45, 2.75) is 0 Å². The summed E-state index contributed by atoms with van der Waals surface area (Å²) in [6, 6.07) is 6.50. The van der Waals surface area contributed by atoms with Crippen LogP contribution in [0, 0.1) is 11.3 Å². The van der Waals surface area contributed by atoms with Gasteiger partial charge in [0, 0.05) is 5.69 Å². The molecule has 2 rings (SSSR count). The molecule has 1 N–H and O–H groups in total. The molecule has 94 valence electrons. The number of rotatable bonds is 2. The van der Waals surface area contributed by atoms with E-state index in [1.807, 2.05) is 6.07 Å². The molecule has 1 heterocycles. The molecular weight excluding hydrogens is 287 g/mol. The Morgan fingerprint density at radius 2 is 2.11 bits per heavy atom. The third kappa shape index (κ3) is 3.19. The number of halogens is 2. The van der Waals surface area contributed by atoms with Crippen molar-refractivity contribution in [1.29, 1.82) is 5.26 Å². The lowest BCUT2D eigenvalue weighted by atomic mass is 10.2. The summed E-state index contributed by atoms with van der Waals surface area (Å²) in [5.74, 6) is -0.462. The second-order valence-corrected chi connectivity index (χ2v) is 4.28. The largest absolute Gasteiger partial charge is 0.321 e. The van der Waals surface area contributed by atoms with E-state index in [0.717, 1.165) is 0 Å². The Kier molecular flexibility index (Phi) is 3.95. The fourth-order valence-corrected chi connectivity index (χ4v) is 1.70. The highest BCUT2D eigenvalue weighted by Gasteiger charge is 2.10. The Morgan fingerprint density at radius 1 is 1.32 bits per heavy atom. The summed E-state index contributed by atoms with van der Waals surface area (Å²) >= 11 is 11.5. The van der Waals surface area contributed by atoms with Gasteiger partial charge in [-0.25, -0.2) is 4.98 Å². The molecule has 1 amide bonds. The molecule has 0 spiro atoms. The molecule has 0 aliphatic rings. The molecule has 0 saturated heterocycles. The van der Waals surface area contributed by atoms with Crippen LogP contribution in [0.25, 0.3) is 0 Å². The summed E-state index contributed by atoms with van der Waals surface area (Å²) in [5.41, 5.74) is 0.881. The number of anilines is 1. The smallest absolute Gasteiger partial charge is 0.275 e. The van der Waals surface area contributed by atoms with Gasteiger partial charge in [-0.1, -0.05) is 23.2 Å². The van der Waals surface area contributed by atoms with E-state index in [2.05, 4.69) is 15.3 Å². The third-order valence-corrected chi connectivity index (χ3v) is 2.68. The summed E-state index contributed by atoms with van der Waals surface area (Å²) in [5, 5.41) is 11.7. The van der Waals surface area contributed by atoms with E-state index in [1.54, 1.807) is 6.07 Å². The predicted octanol–water partition coefficient (Wildman–Crippen LogP) is 2.91. The van der Waals surface area contributed by atoms with Gasteiger partial charge < -0.3 is 5.32 Å². The molecule has 7 heteroatoms. The van der Waals surface area contributed by atoms with Gasteiger partial charge in [-0.05, 0) is 18.2 Å². The summed E-state index contributed by atoms with van der Waals surface area (Å²) in [6.45, 7) is 0. The number of benzene rings is 1. The number of hydrogen-bond donors (Lipinski definition) is 1. The lowest BCUT2D eigenvalue weighted by molar-refractivity contribution is 0.102. The molecule has 1 aromatic carbocycles. The average molecular weight is 293 g/mol. The SMILES string of the molecule is N#Cc1ccc(NC(=O)c2cncc(Cl)n2)cc1Cl. The van der Waals surface area contributed by atoms with Crippen LogP contribution in [0.1, 0.15) is 16.1 Å². The normalized spacial score (nSPS) is 9.74. The number of nitrogens with one attached hydrogen (secondary N) is 1. The molecule has 0 radical (unpaired) electrons. The van der Waals surface area contributed by atoms with E-state index < -0.39 is 5.91 Å². The molecule has 0 bridgehead atoms. The fraction of sp³-hybridized carbons (Fsp3) is 0. The highest BCUT2D eigenvalue weighted by Crippen LogP contribution is 2.20. The molecule has 0 saturated carbocycles. The van der Waals surface area contributed by atoms with E-state index in [9.17, 15) is 4.79 Å². The van der Waals surface area contributed by atoms with Crippen molar-refractivity contribution in [3.05, 3.63) is 52.0 Å². The Morgan fingerprint density at radius 3 is 2.74 bits per heavy atom. The monoisotopic (exact) mass is 292 g/mol. The zero-order valence-electron chi connectivity index (χ0n) is 9.39. The summed E-state index contributed by atoms with van der Waals surface area (Å²) in [6.07, 6.45) is 2.63. The van der Waals surface area contributed by atoms with Crippen molar-refractivity contribution >= 4 is 34.8 Å². The minimum Gasteiger partial charge on any atom is -0.321 e. The van der Waals surface area contributed by atoms with E-state index >= 15 is 0 Å². The molecule has 0 unspecified atom stereocenters. The Bertz CT molecular complexity index is 682. The predicted molar refractivity (Wildman–Crippen MR) is 71.2 cm³/mol. The van der Waals surface area contributed by atoms with Crippen LogP contribution in [0.4, 0.5) is 5.69 Å². The van der Waals surface area contributed by atoms with Gasteiger partial charge in [0.1, 0.15) is 16.9 Å². The number of aromatic nitrogens is 2. The van der Waals surface area contributed by atoms with Crippen LogP contribution in [-0.4, -0.2) is 15.9 Å². The molecule has 0 aliphatic carbocycles. The first-order valence-electron chi connectivity index (χ1n) is 5.08. The van der Waals surface area contributed by atoms with E-state index in [4.69, 9.17) is 28.5 Å². The van der Waals surface area contributed by atoms with Gasteiger partial charge in [-0.2, -0.15) is 5.26 Å². The molecule has 0 atom stereocenters. The number of nitriles is 1. The quantitative estimate of drug-likeness (QED) is 0.923. The topological polar surface area (TPSA) is 78.7 Å². The first kappa shape index (κ1) is 13.3. The Hall–Kier alpha value is -2.16. The first-order valence-corrected chi connectivity index (χ1v) is 5.84. The summed E-state index contributed by atoms with van der Waals surface area (Å²) in [4.78, 5) is 19.5. The number of nitrogens with zero attached hydrogens (tertiary/aromatic N) is 3. The van der Waals surface area contributed by atoms with Crippen LogP contribution < -0.4 is 5.32 Å². The third-order valence-electron chi connectivity index (χ3n) is 2.19. The highest BCUT2D eigenvalue weighted by molar-refractivity contribution is 6.32. The Labute approximate surface area is 118 Å². The van der Waals surface area contributed by atoms with Gasteiger partial charge in [-0.15, -0.1) is 0 Å². The first-order chi connectivity index (χ1) is 9.10. The fourth-order valence-electron chi connectivity index (χ4n) is 1.33. The van der Waals surface area contributed by atoms with Crippen molar-refractivity contribution in [2.24, 2.45) is 0 Å². The van der Waals surface area contributed by atoms with Gasteiger partial charge in [-0.3, -0.25) is 9.78 Å². The number of hydrogen-bond acceptors (Lipinski definition) is 4. The van der Waals surface area contributed by atoms with Crippen molar-refractivity contribution < 1.29 is 4.79 Å². The molecular formula is C12H6Cl2N4O. The summed E-state index contributed by atoms with van der Waals surface area (Å²) in [7, 11) is 0. The standard InChI is InChI=1S/C12H6Cl2N4O/c13-9-3-8(2-1-7(9)4-15)17-12(19)10-5-16-6-11(14)18-10/h1-3,5-6H,(H,17,19). The number of carbonyl (C=O) groups excluding carboxylic acids is 1. The van der Waals surface area contributed by atoms with Crippen molar-refractivity contribution in [1.82, 2.24) is 9.97 Å². The van der Waals surface area contributed by atoms with Crippen molar-refractivity contribution in [3.63, 3.8) is 0 Å². The molecule has 0 aliphatic heterocycles. The minimum absolute atomic E-state index is 0.0907. The molecule has 1 aromatic heterocycles. The van der Waals surface area contributed by atoms with Gasteiger partial charge in [0.25, 0.3) is 5.91 Å². The van der Waals surface area contributed by atoms with Gasteiger partial charge in [0.15, 0.2) is 0 Å². The minimum atomic E-state index is -0.462. The maximum absolute atomic E-state index is 11.9. The van der Waals surface area contributed by atoms with Gasteiger partial charge in [0.2, 0.25) is 0 Å². The lowest BCUT2D eigenvalue weighted by Gasteiger charge is -2.05. The van der Waals surface area contributed by atoms with Gasteiger partial charge in [0.05, 0.1) is 23.0 Å². The van der Waals surface area contributed by atoms with Crippen LogP contribution in [0.5, 0.6) is 0 Å². The van der Waals surface area contributed by atoms with E-state index in [-0.39, 0.29) is 15.9 Å². The van der Waals surface area contributed by atoms with Crippen LogP contribution in [0.2, 0.25) is 10.2 Å². The zero-order chi connectivity index (χ0) is 13.8. The van der Waals surface area contributed by atoms with E-state index in [0.29, 0.717) is 11.3 Å². The van der Waals surface area contributed by atoms with Gasteiger partial charge >= 0.3 is 0 Å².